The highest BCUT2D eigenvalue weighted by Crippen LogP contribution is 2.24. The molecule has 0 saturated heterocycles. The van der Waals surface area contributed by atoms with Crippen molar-refractivity contribution in [1.82, 2.24) is 0 Å². The van der Waals surface area contributed by atoms with Crippen LogP contribution in [-0.2, 0) is 20.5 Å². The summed E-state index contributed by atoms with van der Waals surface area (Å²) in [6.07, 6.45) is -0.677. The lowest BCUT2D eigenvalue weighted by Crippen LogP contribution is -2.27. The molecule has 0 radical (unpaired) electrons. The molecule has 1 amide bonds. The topological polar surface area (TPSA) is 108 Å². The molecule has 118 valence electrons. The van der Waals surface area contributed by atoms with Gasteiger partial charge in [-0.15, -0.1) is 0 Å². The number of nitrogens with one attached hydrogen (secondary N) is 1. The number of amides is 1. The molecule has 0 heterocycles. The molecule has 1 aromatic carbocycles. The van der Waals surface area contributed by atoms with E-state index in [-0.39, 0.29) is 0 Å². The molecule has 0 aliphatic heterocycles. The Bertz CT molecular complexity index is 620. The van der Waals surface area contributed by atoms with Crippen molar-refractivity contribution >= 4 is 21.8 Å². The van der Waals surface area contributed by atoms with Crippen molar-refractivity contribution in [2.45, 2.75) is 32.1 Å². The quantitative estimate of drug-likeness (QED) is 0.881. The Morgan fingerprint density at radius 3 is 2.43 bits per heavy atom. The smallest absolute Gasteiger partial charge is 0.412 e. The number of nitrogens with two attached hydrogens (primary N) is 1. The Morgan fingerprint density at radius 2 is 1.95 bits per heavy atom. The first-order valence-corrected chi connectivity index (χ1v) is 7.89. The Hall–Kier alpha value is -1.80. The Morgan fingerprint density at radius 1 is 1.33 bits per heavy atom. The van der Waals surface area contributed by atoms with Crippen molar-refractivity contribution in [2.24, 2.45) is 5.14 Å². The molecule has 0 aromatic heterocycles. The lowest BCUT2D eigenvalue weighted by Gasteiger charge is -2.20. The fourth-order valence-electron chi connectivity index (χ4n) is 1.57. The normalized spacial score (nSPS) is 11.9. The number of hydrogen-bond donors (Lipinski definition) is 2. The lowest BCUT2D eigenvalue weighted by atomic mass is 10.2. The third kappa shape index (κ3) is 6.46. The van der Waals surface area contributed by atoms with Crippen LogP contribution in [0.3, 0.4) is 0 Å². The number of ether oxygens (including phenoxy) is 2. The summed E-state index contributed by atoms with van der Waals surface area (Å²) in [7, 11) is -2.29. The first-order valence-electron chi connectivity index (χ1n) is 6.17. The Labute approximate surface area is 124 Å². The molecule has 0 spiro atoms. The zero-order valence-corrected chi connectivity index (χ0v) is 13.3. The van der Waals surface area contributed by atoms with Crippen LogP contribution in [0.5, 0.6) is 5.75 Å². The summed E-state index contributed by atoms with van der Waals surface area (Å²) >= 11 is 0. The van der Waals surface area contributed by atoms with Crippen LogP contribution in [0.2, 0.25) is 0 Å². The zero-order valence-electron chi connectivity index (χ0n) is 12.5. The number of carbonyl (C=O) groups excluding carboxylic acids is 1. The molecule has 1 aromatic rings. The van der Waals surface area contributed by atoms with Gasteiger partial charge in [0.1, 0.15) is 11.4 Å². The van der Waals surface area contributed by atoms with Gasteiger partial charge in [0.2, 0.25) is 10.0 Å². The fraction of sp³-hybridized carbons (Fsp3) is 0.462. The minimum atomic E-state index is -3.74. The number of primary sulfonamides is 1. The summed E-state index contributed by atoms with van der Waals surface area (Å²) in [6, 6.07) is 4.62. The van der Waals surface area contributed by atoms with Gasteiger partial charge in [0.15, 0.2) is 0 Å². The van der Waals surface area contributed by atoms with Crippen LogP contribution < -0.4 is 15.2 Å². The van der Waals surface area contributed by atoms with E-state index in [9.17, 15) is 13.2 Å². The van der Waals surface area contributed by atoms with Gasteiger partial charge in [-0.05, 0) is 44.5 Å². The SMILES string of the molecule is COc1ccc(NC(=O)OC(C)(C)C)c(CS(N)(=O)=O)c1. The largest absolute Gasteiger partial charge is 0.497 e. The second-order valence-electron chi connectivity index (χ2n) is 5.46. The van der Waals surface area contributed by atoms with Crippen molar-refractivity contribution < 1.29 is 22.7 Å². The Kier molecular flexibility index (Phi) is 5.19. The van der Waals surface area contributed by atoms with E-state index in [1.54, 1.807) is 26.8 Å². The predicted octanol–water partition coefficient (Wildman–Crippen LogP) is 1.83. The van der Waals surface area contributed by atoms with E-state index >= 15 is 0 Å². The second-order valence-corrected chi connectivity index (χ2v) is 7.07. The molecule has 7 nitrogen and oxygen atoms in total. The van der Waals surface area contributed by atoms with Gasteiger partial charge in [0.05, 0.1) is 12.9 Å². The molecule has 0 fully saturated rings. The van der Waals surface area contributed by atoms with Crippen LogP contribution >= 0.6 is 0 Å². The van der Waals surface area contributed by atoms with E-state index in [2.05, 4.69) is 5.32 Å². The maximum Gasteiger partial charge on any atom is 0.412 e. The molecule has 1 rings (SSSR count). The first-order chi connectivity index (χ1) is 9.50. The molecule has 0 unspecified atom stereocenters. The summed E-state index contributed by atoms with van der Waals surface area (Å²) in [4.78, 5) is 11.8. The minimum absolute atomic E-state index is 0.305. The van der Waals surface area contributed by atoms with Gasteiger partial charge in [-0.1, -0.05) is 0 Å². The number of sulfonamides is 1. The summed E-state index contributed by atoms with van der Waals surface area (Å²) in [5.74, 6) is 0.0402. The standard InChI is InChI=1S/C13H20N2O5S/c1-13(2,3)20-12(16)15-11-6-5-10(19-4)7-9(11)8-21(14,17)18/h5-7H,8H2,1-4H3,(H,15,16)(H2,14,17,18). The monoisotopic (exact) mass is 316 g/mol. The van der Waals surface area contributed by atoms with E-state index in [0.717, 1.165) is 0 Å². The molecule has 0 saturated carbocycles. The van der Waals surface area contributed by atoms with Crippen LogP contribution in [0.1, 0.15) is 26.3 Å². The molecule has 3 N–H and O–H groups in total. The van der Waals surface area contributed by atoms with Crippen LogP contribution in [0.4, 0.5) is 10.5 Å². The van der Waals surface area contributed by atoms with Crippen molar-refractivity contribution in [1.29, 1.82) is 0 Å². The van der Waals surface area contributed by atoms with Crippen molar-refractivity contribution in [2.75, 3.05) is 12.4 Å². The molecule has 8 heteroatoms. The van der Waals surface area contributed by atoms with Crippen LogP contribution in [0.25, 0.3) is 0 Å². The van der Waals surface area contributed by atoms with Gasteiger partial charge in [-0.25, -0.2) is 18.4 Å². The van der Waals surface area contributed by atoms with E-state index in [1.165, 1.54) is 19.2 Å². The third-order valence-electron chi connectivity index (χ3n) is 2.30. The summed E-state index contributed by atoms with van der Waals surface area (Å²) in [5.41, 5.74) is -0.0294. The highest BCUT2D eigenvalue weighted by molar-refractivity contribution is 7.88. The molecule has 0 bridgehead atoms. The number of carbonyl (C=O) groups is 1. The fourth-order valence-corrected chi connectivity index (χ4v) is 2.24. The maximum atomic E-state index is 11.8. The average molecular weight is 316 g/mol. The van der Waals surface area contributed by atoms with Crippen molar-refractivity contribution in [3.8, 4) is 5.75 Å². The maximum absolute atomic E-state index is 11.8. The summed E-state index contributed by atoms with van der Waals surface area (Å²) in [5, 5.41) is 7.55. The predicted molar refractivity (Wildman–Crippen MR) is 79.7 cm³/mol. The van der Waals surface area contributed by atoms with Crippen LogP contribution in [-0.4, -0.2) is 27.2 Å². The van der Waals surface area contributed by atoms with Gasteiger partial charge in [-0.2, -0.15) is 0 Å². The molecular weight excluding hydrogens is 296 g/mol. The van der Waals surface area contributed by atoms with Crippen LogP contribution in [0, 0.1) is 0 Å². The van der Waals surface area contributed by atoms with Crippen molar-refractivity contribution in [3.63, 3.8) is 0 Å². The minimum Gasteiger partial charge on any atom is -0.497 e. The molecule has 0 atom stereocenters. The van der Waals surface area contributed by atoms with Crippen molar-refractivity contribution in [3.05, 3.63) is 23.8 Å². The summed E-state index contributed by atoms with van der Waals surface area (Å²) < 4.78 is 32.7. The number of benzene rings is 1. The Balaban J connectivity index is 3.03. The summed E-state index contributed by atoms with van der Waals surface area (Å²) in [6.45, 7) is 5.18. The molecule has 0 aliphatic carbocycles. The second kappa shape index (κ2) is 6.31. The number of anilines is 1. The lowest BCUT2D eigenvalue weighted by molar-refractivity contribution is 0.0635. The highest BCUT2D eigenvalue weighted by atomic mass is 32.2. The average Bonchev–Trinajstić information content (AvgIpc) is 2.27. The zero-order chi connectivity index (χ0) is 16.3. The van der Waals surface area contributed by atoms with Gasteiger partial charge in [0.25, 0.3) is 0 Å². The molecular formula is C13H20N2O5S. The third-order valence-corrected chi connectivity index (χ3v) is 3.02. The molecule has 21 heavy (non-hydrogen) atoms. The highest BCUT2D eigenvalue weighted by Gasteiger charge is 2.18. The van der Waals surface area contributed by atoms with E-state index in [0.29, 0.717) is 17.0 Å². The number of rotatable bonds is 4. The number of methoxy groups -OCH3 is 1. The van der Waals surface area contributed by atoms with Gasteiger partial charge < -0.3 is 9.47 Å². The van der Waals surface area contributed by atoms with E-state index in [4.69, 9.17) is 14.6 Å². The van der Waals surface area contributed by atoms with E-state index in [1.807, 2.05) is 0 Å². The van der Waals surface area contributed by atoms with Crippen LogP contribution in [0.15, 0.2) is 18.2 Å². The first kappa shape index (κ1) is 17.3. The number of hydrogen-bond acceptors (Lipinski definition) is 5. The van der Waals surface area contributed by atoms with Gasteiger partial charge in [0, 0.05) is 5.69 Å². The molecule has 0 aliphatic rings. The van der Waals surface area contributed by atoms with Gasteiger partial charge in [-0.3, -0.25) is 5.32 Å². The van der Waals surface area contributed by atoms with E-state index < -0.39 is 27.5 Å². The van der Waals surface area contributed by atoms with Gasteiger partial charge >= 0.3 is 6.09 Å².